The number of oxazole rings is 1. The van der Waals surface area contributed by atoms with Crippen LogP contribution in [0.15, 0.2) is 73.7 Å². The molecule has 1 aliphatic carbocycles. The zero-order valence-corrected chi connectivity index (χ0v) is 18.3. The highest BCUT2D eigenvalue weighted by Gasteiger charge is 2.39. The Balaban J connectivity index is 1.55. The molecule has 0 saturated carbocycles. The predicted molar refractivity (Wildman–Crippen MR) is 120 cm³/mol. The Morgan fingerprint density at radius 1 is 1.17 bits per heavy atom. The molecule has 3 aromatic rings. The van der Waals surface area contributed by atoms with Gasteiger partial charge in [0.2, 0.25) is 5.96 Å². The van der Waals surface area contributed by atoms with Gasteiger partial charge in [0.15, 0.2) is 11.4 Å². The summed E-state index contributed by atoms with van der Waals surface area (Å²) >= 11 is 3.53. The number of hydrogen-bond acceptors (Lipinski definition) is 6. The quantitative estimate of drug-likeness (QED) is 0.534. The summed E-state index contributed by atoms with van der Waals surface area (Å²) in [7, 11) is 0. The molecule has 0 radical (unpaired) electrons. The molecule has 30 heavy (non-hydrogen) atoms. The Labute approximate surface area is 182 Å². The van der Waals surface area contributed by atoms with E-state index in [1.54, 1.807) is 0 Å². The largest absolute Gasteiger partial charge is 0.423 e. The van der Waals surface area contributed by atoms with Crippen molar-refractivity contribution in [3.05, 3.63) is 69.8 Å². The van der Waals surface area contributed by atoms with Gasteiger partial charge in [-0.05, 0) is 41.7 Å². The molecular weight excluding hydrogens is 444 g/mol. The summed E-state index contributed by atoms with van der Waals surface area (Å²) in [5.41, 5.74) is 3.99. The maximum absolute atomic E-state index is 13.1. The van der Waals surface area contributed by atoms with Gasteiger partial charge in [-0.1, -0.05) is 54.0 Å². The molecule has 0 saturated heterocycles. The van der Waals surface area contributed by atoms with Crippen molar-refractivity contribution >= 4 is 44.8 Å². The van der Waals surface area contributed by atoms with Gasteiger partial charge in [0.05, 0.1) is 0 Å². The number of para-hydroxylation sites is 2. The second kappa shape index (κ2) is 7.09. The molecule has 6 nitrogen and oxygen atoms in total. The van der Waals surface area contributed by atoms with Crippen LogP contribution in [0.1, 0.15) is 38.3 Å². The minimum Gasteiger partial charge on any atom is -0.423 e. The van der Waals surface area contributed by atoms with E-state index in [1.165, 1.54) is 0 Å². The maximum atomic E-state index is 13.1. The van der Waals surface area contributed by atoms with Crippen LogP contribution in [0.3, 0.4) is 0 Å². The summed E-state index contributed by atoms with van der Waals surface area (Å²) in [6, 6.07) is 15.5. The van der Waals surface area contributed by atoms with E-state index in [0.29, 0.717) is 24.0 Å². The van der Waals surface area contributed by atoms with Crippen LogP contribution in [-0.2, 0) is 4.79 Å². The molecule has 2 N–H and O–H groups in total. The summed E-state index contributed by atoms with van der Waals surface area (Å²) < 4.78 is 6.75. The molecule has 1 aromatic heterocycles. The van der Waals surface area contributed by atoms with Gasteiger partial charge >= 0.3 is 6.01 Å². The van der Waals surface area contributed by atoms with Crippen LogP contribution in [0.2, 0.25) is 0 Å². The van der Waals surface area contributed by atoms with E-state index in [2.05, 4.69) is 45.4 Å². The number of carbonyl (C=O) groups is 1. The number of allylic oxidation sites excluding steroid dienone is 1. The first-order valence-electron chi connectivity index (χ1n) is 9.87. The standard InChI is InChI=1S/C23H21BrN4O2/c1-23(2)11-16-19(17(29)12-23)20(13-6-5-7-14(24)10-13)27-21(25-16)28-22-26-15-8-3-4-9-18(15)30-22/h3-10,20H,11-12H2,1-2H3,(H2,25,26,27,28)/t20-/m1/s1. The molecule has 2 aromatic carbocycles. The van der Waals surface area contributed by atoms with Crippen molar-refractivity contribution in [2.45, 2.75) is 32.7 Å². The highest BCUT2D eigenvalue weighted by molar-refractivity contribution is 9.10. The Morgan fingerprint density at radius 3 is 2.80 bits per heavy atom. The number of Topliss-reactive ketones (excluding diaryl/α,β-unsaturated/α-hetero) is 1. The van der Waals surface area contributed by atoms with Gasteiger partial charge in [-0.15, -0.1) is 0 Å². The lowest BCUT2D eigenvalue weighted by molar-refractivity contribution is -0.118. The molecular formula is C23H21BrN4O2. The molecule has 2 aliphatic rings. The topological polar surface area (TPSA) is 79.5 Å². The number of anilines is 1. The fraction of sp³-hybridized carbons (Fsp3) is 0.261. The Kier molecular flexibility index (Phi) is 4.50. The van der Waals surface area contributed by atoms with E-state index in [0.717, 1.165) is 33.2 Å². The molecule has 0 bridgehead atoms. The van der Waals surface area contributed by atoms with Crippen LogP contribution < -0.4 is 10.6 Å². The van der Waals surface area contributed by atoms with Crippen LogP contribution in [0.25, 0.3) is 11.1 Å². The van der Waals surface area contributed by atoms with Gasteiger partial charge in [0.25, 0.3) is 0 Å². The fourth-order valence-corrected chi connectivity index (χ4v) is 4.56. The number of guanidine groups is 1. The van der Waals surface area contributed by atoms with Crippen LogP contribution in [0.5, 0.6) is 0 Å². The number of aliphatic imine (C=N–C) groups is 1. The van der Waals surface area contributed by atoms with Crippen molar-refractivity contribution in [1.82, 2.24) is 10.3 Å². The fourth-order valence-electron chi connectivity index (χ4n) is 4.14. The summed E-state index contributed by atoms with van der Waals surface area (Å²) in [4.78, 5) is 22.4. The molecule has 152 valence electrons. The van der Waals surface area contributed by atoms with Crippen LogP contribution >= 0.6 is 15.9 Å². The molecule has 1 aliphatic heterocycles. The Hall–Kier alpha value is -2.93. The lowest BCUT2D eigenvalue weighted by Gasteiger charge is -2.37. The third-order valence-electron chi connectivity index (χ3n) is 5.40. The number of carbonyl (C=O) groups excluding carboxylic acids is 1. The van der Waals surface area contributed by atoms with E-state index in [1.807, 2.05) is 48.5 Å². The summed E-state index contributed by atoms with van der Waals surface area (Å²) in [5, 5.41) is 6.50. The number of benzene rings is 2. The van der Waals surface area contributed by atoms with Gasteiger partial charge in [-0.2, -0.15) is 4.98 Å². The molecule has 0 amide bonds. The van der Waals surface area contributed by atoms with E-state index < -0.39 is 0 Å². The Morgan fingerprint density at radius 2 is 2.00 bits per heavy atom. The number of ketones is 1. The number of aromatic nitrogens is 1. The summed E-state index contributed by atoms with van der Waals surface area (Å²) in [5.74, 6) is 0.666. The van der Waals surface area contributed by atoms with Crippen molar-refractivity contribution in [2.24, 2.45) is 10.4 Å². The minimum atomic E-state index is -0.380. The second-order valence-electron chi connectivity index (χ2n) is 8.51. The highest BCUT2D eigenvalue weighted by atomic mass is 79.9. The predicted octanol–water partition coefficient (Wildman–Crippen LogP) is 5.35. The van der Waals surface area contributed by atoms with Crippen LogP contribution in [0, 0.1) is 5.41 Å². The third-order valence-corrected chi connectivity index (χ3v) is 5.90. The van der Waals surface area contributed by atoms with Crippen molar-refractivity contribution in [1.29, 1.82) is 0 Å². The van der Waals surface area contributed by atoms with Gasteiger partial charge in [-0.3, -0.25) is 10.1 Å². The number of nitrogens with zero attached hydrogens (tertiary/aromatic N) is 2. The normalized spacial score (nSPS) is 20.6. The molecule has 7 heteroatoms. The van der Waals surface area contributed by atoms with Gasteiger partial charge in [-0.25, -0.2) is 4.99 Å². The number of hydrogen-bond donors (Lipinski definition) is 2. The van der Waals surface area contributed by atoms with Crippen LogP contribution in [0.4, 0.5) is 6.01 Å². The molecule has 0 spiro atoms. The number of halogens is 1. The average molecular weight is 465 g/mol. The molecule has 1 atom stereocenters. The van der Waals surface area contributed by atoms with Gasteiger partial charge in [0.1, 0.15) is 11.6 Å². The maximum Gasteiger partial charge on any atom is 0.302 e. The third kappa shape index (κ3) is 3.54. The smallest absolute Gasteiger partial charge is 0.302 e. The summed E-state index contributed by atoms with van der Waals surface area (Å²) in [6.07, 6.45) is 1.29. The van der Waals surface area contributed by atoms with Gasteiger partial charge in [0, 0.05) is 22.2 Å². The molecule has 0 unspecified atom stereocenters. The number of nitrogens with one attached hydrogen (secondary N) is 2. The lowest BCUT2D eigenvalue weighted by atomic mass is 9.73. The van der Waals surface area contributed by atoms with E-state index in [9.17, 15) is 4.79 Å². The van der Waals surface area contributed by atoms with E-state index in [-0.39, 0.29) is 17.2 Å². The SMILES string of the molecule is CC1(C)CC(=O)C2=C(C1)NC(Nc1nc3ccccc3o1)=N[C@@H]2c1cccc(Br)c1. The van der Waals surface area contributed by atoms with E-state index in [4.69, 9.17) is 9.41 Å². The first kappa shape index (κ1) is 19.1. The van der Waals surface area contributed by atoms with Gasteiger partial charge < -0.3 is 9.73 Å². The van der Waals surface area contributed by atoms with E-state index >= 15 is 0 Å². The number of rotatable bonds is 2. The van der Waals surface area contributed by atoms with Crippen molar-refractivity contribution in [3.8, 4) is 0 Å². The second-order valence-corrected chi connectivity index (χ2v) is 9.42. The average Bonchev–Trinajstić information content (AvgIpc) is 3.08. The Bertz CT molecular complexity index is 1190. The lowest BCUT2D eigenvalue weighted by Crippen LogP contribution is -2.41. The zero-order valence-electron chi connectivity index (χ0n) is 16.7. The van der Waals surface area contributed by atoms with Crippen molar-refractivity contribution in [3.63, 3.8) is 0 Å². The molecule has 2 heterocycles. The summed E-state index contributed by atoms with van der Waals surface area (Å²) in [6.45, 7) is 4.23. The van der Waals surface area contributed by atoms with Crippen LogP contribution in [-0.4, -0.2) is 16.7 Å². The molecule has 0 fully saturated rings. The zero-order chi connectivity index (χ0) is 20.9. The monoisotopic (exact) mass is 464 g/mol. The minimum absolute atomic E-state index is 0.106. The number of fused-ring (bicyclic) bond motifs is 1. The molecule has 5 rings (SSSR count). The first-order valence-corrected chi connectivity index (χ1v) is 10.7. The van der Waals surface area contributed by atoms with Crippen molar-refractivity contribution < 1.29 is 9.21 Å². The first-order chi connectivity index (χ1) is 14.4. The highest BCUT2D eigenvalue weighted by Crippen LogP contribution is 2.43. The van der Waals surface area contributed by atoms with Crippen molar-refractivity contribution in [2.75, 3.05) is 5.32 Å².